The summed E-state index contributed by atoms with van der Waals surface area (Å²) in [5.41, 5.74) is 0.301. The lowest BCUT2D eigenvalue weighted by Crippen LogP contribution is -1.95. The maximum atomic E-state index is 10.1. The molecule has 0 saturated carbocycles. The first-order valence-corrected chi connectivity index (χ1v) is 2.95. The molecule has 1 N–H and O–H groups in total. The molecule has 0 saturated heterocycles. The summed E-state index contributed by atoms with van der Waals surface area (Å²) in [6.45, 7) is 1.51. The molecule has 0 aliphatic carbocycles. The Morgan fingerprint density at radius 3 is 2.80 bits per heavy atom. The first-order valence-electron chi connectivity index (χ1n) is 2.95. The molecule has 0 radical (unpaired) electrons. The number of rotatable bonds is 3. The van der Waals surface area contributed by atoms with E-state index in [-0.39, 0.29) is 0 Å². The summed E-state index contributed by atoms with van der Waals surface area (Å²) in [5.74, 6) is -0.919. The van der Waals surface area contributed by atoms with Crippen LogP contribution >= 0.6 is 0 Å². The number of nitriles is 1. The number of hydrogen-bond acceptors (Lipinski definition) is 2. The molecular formula is C7H9NO2. The van der Waals surface area contributed by atoms with Gasteiger partial charge < -0.3 is 5.11 Å². The van der Waals surface area contributed by atoms with E-state index in [1.165, 1.54) is 6.92 Å². The van der Waals surface area contributed by atoms with Crippen LogP contribution in [0.1, 0.15) is 19.8 Å². The van der Waals surface area contributed by atoms with E-state index in [0.29, 0.717) is 18.4 Å². The monoisotopic (exact) mass is 139 g/mol. The second-order valence-electron chi connectivity index (χ2n) is 1.89. The van der Waals surface area contributed by atoms with Crippen molar-refractivity contribution in [3.05, 3.63) is 11.6 Å². The normalized spacial score (nSPS) is 10.6. The fraction of sp³-hybridized carbons (Fsp3) is 0.429. The molecule has 54 valence electrons. The summed E-state index contributed by atoms with van der Waals surface area (Å²) >= 11 is 0. The van der Waals surface area contributed by atoms with Crippen molar-refractivity contribution in [3.63, 3.8) is 0 Å². The summed E-state index contributed by atoms with van der Waals surface area (Å²) in [4.78, 5) is 10.1. The molecule has 0 unspecified atom stereocenters. The largest absolute Gasteiger partial charge is 0.478 e. The van der Waals surface area contributed by atoms with Gasteiger partial charge >= 0.3 is 5.97 Å². The van der Waals surface area contributed by atoms with E-state index < -0.39 is 5.97 Å². The Kier molecular flexibility index (Phi) is 3.97. The number of carboxylic acid groups (broad SMARTS) is 1. The average Bonchev–Trinajstić information content (AvgIpc) is 1.88. The SMILES string of the molecule is C/C(=C\CCC#N)C(=O)O. The van der Waals surface area contributed by atoms with Crippen molar-refractivity contribution in [2.45, 2.75) is 19.8 Å². The number of allylic oxidation sites excluding steroid dienone is 1. The Labute approximate surface area is 59.6 Å². The third kappa shape index (κ3) is 3.67. The number of aliphatic carboxylic acids is 1. The molecule has 0 aromatic heterocycles. The molecule has 0 amide bonds. The van der Waals surface area contributed by atoms with Crippen LogP contribution in [0.4, 0.5) is 0 Å². The van der Waals surface area contributed by atoms with Crippen LogP contribution in [-0.4, -0.2) is 11.1 Å². The van der Waals surface area contributed by atoms with E-state index in [9.17, 15) is 4.79 Å². The first-order chi connectivity index (χ1) is 4.68. The standard InChI is InChI=1S/C7H9NO2/c1-6(7(9)10)4-2-3-5-8/h4H,2-3H2,1H3,(H,9,10)/b6-4+. The molecule has 0 atom stereocenters. The lowest BCUT2D eigenvalue weighted by Gasteiger charge is -1.88. The van der Waals surface area contributed by atoms with Gasteiger partial charge in [-0.25, -0.2) is 4.79 Å². The third-order valence-electron chi connectivity index (χ3n) is 1.04. The van der Waals surface area contributed by atoms with Gasteiger partial charge in [0.1, 0.15) is 0 Å². The molecule has 0 aromatic carbocycles. The number of carbonyl (C=O) groups is 1. The number of hydrogen-bond donors (Lipinski definition) is 1. The quantitative estimate of drug-likeness (QED) is 0.473. The van der Waals surface area contributed by atoms with Crippen LogP contribution in [0, 0.1) is 11.3 Å². The average molecular weight is 139 g/mol. The molecule has 3 heteroatoms. The number of carboxylic acids is 1. The van der Waals surface area contributed by atoms with Gasteiger partial charge in [0.15, 0.2) is 0 Å². The minimum absolute atomic E-state index is 0.301. The minimum atomic E-state index is -0.919. The van der Waals surface area contributed by atoms with Crippen molar-refractivity contribution in [3.8, 4) is 6.07 Å². The molecule has 10 heavy (non-hydrogen) atoms. The maximum Gasteiger partial charge on any atom is 0.330 e. The zero-order chi connectivity index (χ0) is 7.98. The molecule has 0 spiro atoms. The molecule has 0 aromatic rings. The van der Waals surface area contributed by atoms with Gasteiger partial charge in [-0.05, 0) is 13.3 Å². The van der Waals surface area contributed by atoms with E-state index in [0.717, 1.165) is 0 Å². The Bertz CT molecular complexity index is 188. The molecular weight excluding hydrogens is 130 g/mol. The lowest BCUT2D eigenvalue weighted by atomic mass is 10.2. The van der Waals surface area contributed by atoms with Crippen LogP contribution in [0.25, 0.3) is 0 Å². The van der Waals surface area contributed by atoms with Crippen LogP contribution in [0.15, 0.2) is 11.6 Å². The Balaban J connectivity index is 3.72. The molecule has 3 nitrogen and oxygen atoms in total. The van der Waals surface area contributed by atoms with E-state index in [1.54, 1.807) is 6.08 Å². The highest BCUT2D eigenvalue weighted by Crippen LogP contribution is 1.96. The van der Waals surface area contributed by atoms with Crippen LogP contribution in [0.2, 0.25) is 0 Å². The lowest BCUT2D eigenvalue weighted by molar-refractivity contribution is -0.132. The second-order valence-corrected chi connectivity index (χ2v) is 1.89. The Morgan fingerprint density at radius 1 is 1.80 bits per heavy atom. The van der Waals surface area contributed by atoms with Crippen molar-refractivity contribution in [1.82, 2.24) is 0 Å². The second kappa shape index (κ2) is 4.57. The zero-order valence-corrected chi connectivity index (χ0v) is 5.79. The van der Waals surface area contributed by atoms with Gasteiger partial charge in [0, 0.05) is 12.0 Å². The highest BCUT2D eigenvalue weighted by Gasteiger charge is 1.96. The zero-order valence-electron chi connectivity index (χ0n) is 5.79. The van der Waals surface area contributed by atoms with Crippen molar-refractivity contribution in [2.75, 3.05) is 0 Å². The van der Waals surface area contributed by atoms with Crippen LogP contribution in [-0.2, 0) is 4.79 Å². The summed E-state index contributed by atoms with van der Waals surface area (Å²) < 4.78 is 0. The van der Waals surface area contributed by atoms with Crippen molar-refractivity contribution >= 4 is 5.97 Å². The van der Waals surface area contributed by atoms with Crippen LogP contribution < -0.4 is 0 Å². The molecule has 0 aliphatic rings. The first kappa shape index (κ1) is 8.70. The van der Waals surface area contributed by atoms with Crippen LogP contribution in [0.3, 0.4) is 0 Å². The highest BCUT2D eigenvalue weighted by atomic mass is 16.4. The summed E-state index contributed by atoms with van der Waals surface area (Å²) in [5, 5.41) is 16.4. The smallest absolute Gasteiger partial charge is 0.330 e. The van der Waals surface area contributed by atoms with Crippen molar-refractivity contribution in [1.29, 1.82) is 5.26 Å². The third-order valence-corrected chi connectivity index (χ3v) is 1.04. The van der Waals surface area contributed by atoms with E-state index >= 15 is 0 Å². The maximum absolute atomic E-state index is 10.1. The Hall–Kier alpha value is -1.30. The predicted octanol–water partition coefficient (Wildman–Crippen LogP) is 1.32. The van der Waals surface area contributed by atoms with Gasteiger partial charge in [-0.2, -0.15) is 5.26 Å². The molecule has 0 bridgehead atoms. The molecule has 0 fully saturated rings. The van der Waals surface area contributed by atoms with Crippen LogP contribution in [0.5, 0.6) is 0 Å². The van der Waals surface area contributed by atoms with Gasteiger partial charge in [-0.15, -0.1) is 0 Å². The predicted molar refractivity (Wildman–Crippen MR) is 36.2 cm³/mol. The molecule has 0 aliphatic heterocycles. The molecule has 0 rings (SSSR count). The summed E-state index contributed by atoms with van der Waals surface area (Å²) in [6.07, 6.45) is 2.45. The van der Waals surface area contributed by atoms with E-state index in [1.807, 2.05) is 6.07 Å². The van der Waals surface area contributed by atoms with Crippen molar-refractivity contribution in [2.24, 2.45) is 0 Å². The topological polar surface area (TPSA) is 61.1 Å². The fourth-order valence-electron chi connectivity index (χ4n) is 0.441. The fourth-order valence-corrected chi connectivity index (χ4v) is 0.441. The van der Waals surface area contributed by atoms with Gasteiger partial charge in [0.05, 0.1) is 6.07 Å². The summed E-state index contributed by atoms with van der Waals surface area (Å²) in [7, 11) is 0. The van der Waals surface area contributed by atoms with Gasteiger partial charge in [0.2, 0.25) is 0 Å². The van der Waals surface area contributed by atoms with Gasteiger partial charge in [-0.1, -0.05) is 6.08 Å². The van der Waals surface area contributed by atoms with E-state index in [4.69, 9.17) is 10.4 Å². The van der Waals surface area contributed by atoms with Crippen molar-refractivity contribution < 1.29 is 9.90 Å². The molecule has 0 heterocycles. The Morgan fingerprint density at radius 2 is 2.40 bits per heavy atom. The number of unbranched alkanes of at least 4 members (excludes halogenated alkanes) is 1. The number of nitrogens with zero attached hydrogens (tertiary/aromatic N) is 1. The van der Waals surface area contributed by atoms with E-state index in [2.05, 4.69) is 0 Å². The van der Waals surface area contributed by atoms with Gasteiger partial charge in [0.25, 0.3) is 0 Å². The minimum Gasteiger partial charge on any atom is -0.478 e. The summed E-state index contributed by atoms with van der Waals surface area (Å²) in [6, 6.07) is 1.92. The van der Waals surface area contributed by atoms with Gasteiger partial charge in [-0.3, -0.25) is 0 Å². The highest BCUT2D eigenvalue weighted by molar-refractivity contribution is 5.85.